The highest BCUT2D eigenvalue weighted by Gasteiger charge is 2.41. The minimum atomic E-state index is -3.55. The first-order valence-electron chi connectivity index (χ1n) is 12.8. The van der Waals surface area contributed by atoms with Crippen molar-refractivity contribution in [2.24, 2.45) is 0 Å². The summed E-state index contributed by atoms with van der Waals surface area (Å²) in [4.78, 5) is 10.3. The lowest BCUT2D eigenvalue weighted by molar-refractivity contribution is -0.883. The van der Waals surface area contributed by atoms with Gasteiger partial charge in [0.15, 0.2) is 5.78 Å². The summed E-state index contributed by atoms with van der Waals surface area (Å²) < 4.78 is 18.4. The van der Waals surface area contributed by atoms with Crippen molar-refractivity contribution in [1.29, 1.82) is 0 Å². The fourth-order valence-corrected chi connectivity index (χ4v) is 5.81. The smallest absolute Gasteiger partial charge is 0.320 e. The molecule has 0 spiro atoms. The molecule has 0 aromatic rings. The van der Waals surface area contributed by atoms with Gasteiger partial charge in [-0.25, -0.2) is 0 Å². The lowest BCUT2D eigenvalue weighted by Gasteiger charge is -2.35. The summed E-state index contributed by atoms with van der Waals surface area (Å²) in [6.45, 7) is 4.56. The third-order valence-corrected chi connectivity index (χ3v) is 8.07. The van der Waals surface area contributed by atoms with Crippen molar-refractivity contribution in [2.75, 3.05) is 27.7 Å². The van der Waals surface area contributed by atoms with Crippen LogP contribution in [0.15, 0.2) is 24.3 Å². The van der Waals surface area contributed by atoms with Crippen LogP contribution in [0.3, 0.4) is 0 Å². The van der Waals surface area contributed by atoms with Crippen molar-refractivity contribution in [3.63, 3.8) is 0 Å². The molecule has 0 radical (unpaired) electrons. The molecule has 4 nitrogen and oxygen atoms in total. The number of rotatable bonds is 21. The van der Waals surface area contributed by atoms with Crippen LogP contribution in [0, 0.1) is 0 Å². The minimum absolute atomic E-state index is 0.353. The number of nitrogens with zero attached hydrogens (tertiary/aromatic N) is 1. The van der Waals surface area contributed by atoms with Crippen LogP contribution in [0.2, 0.25) is 0 Å². The first-order valence-corrected chi connectivity index (χ1v) is 14.5. The van der Waals surface area contributed by atoms with E-state index in [4.69, 9.17) is 4.52 Å². The van der Waals surface area contributed by atoms with Crippen LogP contribution >= 0.6 is 7.60 Å². The molecule has 0 aromatic carbocycles. The van der Waals surface area contributed by atoms with E-state index in [1.54, 1.807) is 0 Å². The van der Waals surface area contributed by atoms with E-state index >= 15 is 0 Å². The quantitative estimate of drug-likeness (QED) is 0.0815. The molecule has 0 aliphatic carbocycles. The molecule has 2 unspecified atom stereocenters. The molecule has 0 amide bonds. The average molecular weight is 459 g/mol. The number of hydrogen-bond acceptors (Lipinski definition) is 2. The standard InChI is InChI=1S/C26H52NO3P/c1-6-8-9-10-11-12-13-14-15-16-17-18-19-20-21-22-23-24-25-30-31(28,29)26(7-2)27(3,4)5/h9-10,15-16,26H,6-8,11-14,17-25H2,1-5H3/p+1/b10-9-,16-15-. The Kier molecular flexibility index (Phi) is 18.8. The van der Waals surface area contributed by atoms with E-state index < -0.39 is 7.60 Å². The Morgan fingerprint density at radius 2 is 1.16 bits per heavy atom. The van der Waals surface area contributed by atoms with Crippen LogP contribution in [0.1, 0.15) is 110 Å². The number of unbranched alkanes of at least 4 members (excludes halogenated alkanes) is 11. The normalized spacial score (nSPS) is 15.7. The lowest BCUT2D eigenvalue weighted by Crippen LogP contribution is -2.44. The summed E-state index contributed by atoms with van der Waals surface area (Å²) in [5.74, 6) is -0.353. The highest BCUT2D eigenvalue weighted by molar-refractivity contribution is 7.53. The Balaban J connectivity index is 3.52. The minimum Gasteiger partial charge on any atom is -0.320 e. The van der Waals surface area contributed by atoms with Crippen LogP contribution in [0.25, 0.3) is 0 Å². The topological polar surface area (TPSA) is 46.5 Å². The summed E-state index contributed by atoms with van der Waals surface area (Å²) in [6, 6.07) is 0. The molecule has 0 aliphatic rings. The summed E-state index contributed by atoms with van der Waals surface area (Å²) in [5.41, 5.74) is 0. The van der Waals surface area contributed by atoms with Gasteiger partial charge in [0.05, 0.1) is 27.7 Å². The first-order chi connectivity index (χ1) is 14.8. The van der Waals surface area contributed by atoms with Crippen molar-refractivity contribution in [2.45, 2.75) is 116 Å². The fraction of sp³-hybridized carbons (Fsp3) is 0.846. The van der Waals surface area contributed by atoms with E-state index in [1.807, 2.05) is 28.1 Å². The largest absolute Gasteiger partial charge is 0.385 e. The maximum absolute atomic E-state index is 12.5. The van der Waals surface area contributed by atoms with Gasteiger partial charge >= 0.3 is 7.60 Å². The number of quaternary nitrogens is 1. The van der Waals surface area contributed by atoms with Crippen LogP contribution in [0.4, 0.5) is 0 Å². The van der Waals surface area contributed by atoms with E-state index in [-0.39, 0.29) is 5.78 Å². The average Bonchev–Trinajstić information content (AvgIpc) is 2.68. The van der Waals surface area contributed by atoms with Crippen LogP contribution < -0.4 is 0 Å². The van der Waals surface area contributed by atoms with E-state index in [0.29, 0.717) is 17.5 Å². The predicted octanol–water partition coefficient (Wildman–Crippen LogP) is 8.22. The summed E-state index contributed by atoms with van der Waals surface area (Å²) in [7, 11) is 2.29. The summed E-state index contributed by atoms with van der Waals surface area (Å²) in [5, 5.41) is 0. The second-order valence-corrected chi connectivity index (χ2v) is 11.7. The molecule has 0 aliphatic heterocycles. The molecule has 0 heterocycles. The van der Waals surface area contributed by atoms with Gasteiger partial charge in [-0.05, 0) is 51.4 Å². The second kappa shape index (κ2) is 19.1. The highest BCUT2D eigenvalue weighted by atomic mass is 31.2. The van der Waals surface area contributed by atoms with Gasteiger partial charge in [0, 0.05) is 6.42 Å². The van der Waals surface area contributed by atoms with Gasteiger partial charge in [-0.3, -0.25) is 4.57 Å². The molecular weight excluding hydrogens is 405 g/mol. The van der Waals surface area contributed by atoms with Gasteiger partial charge in [-0.2, -0.15) is 0 Å². The Morgan fingerprint density at radius 3 is 1.61 bits per heavy atom. The van der Waals surface area contributed by atoms with E-state index in [1.165, 1.54) is 77.0 Å². The molecule has 0 saturated heterocycles. The van der Waals surface area contributed by atoms with Gasteiger partial charge in [-0.15, -0.1) is 0 Å². The number of hydrogen-bond donors (Lipinski definition) is 1. The molecule has 0 aromatic heterocycles. The van der Waals surface area contributed by atoms with Crippen LogP contribution in [0.5, 0.6) is 0 Å². The zero-order valence-electron chi connectivity index (χ0n) is 21.4. The monoisotopic (exact) mass is 458 g/mol. The van der Waals surface area contributed by atoms with E-state index in [2.05, 4.69) is 31.2 Å². The van der Waals surface area contributed by atoms with Crippen LogP contribution in [-0.4, -0.2) is 42.9 Å². The van der Waals surface area contributed by atoms with Crippen molar-refractivity contribution >= 4 is 7.60 Å². The summed E-state index contributed by atoms with van der Waals surface area (Å²) in [6.07, 6.45) is 27.0. The van der Waals surface area contributed by atoms with E-state index in [0.717, 1.165) is 12.8 Å². The molecular formula is C26H53NO3P+. The SMILES string of the molecule is CCC/C=C\CCCC/C=C\CCCCCCCCCOP(=O)(O)C(CC)[N+](C)(C)C. The van der Waals surface area contributed by atoms with Crippen LogP contribution in [-0.2, 0) is 9.09 Å². The third kappa shape index (κ3) is 17.8. The Hall–Kier alpha value is -0.410. The third-order valence-electron chi connectivity index (χ3n) is 5.71. The molecule has 2 atom stereocenters. The Bertz CT molecular complexity index is 511. The Labute approximate surface area is 194 Å². The van der Waals surface area contributed by atoms with Crippen molar-refractivity contribution in [1.82, 2.24) is 0 Å². The number of allylic oxidation sites excluding steroid dienone is 4. The van der Waals surface area contributed by atoms with Gasteiger partial charge in [0.1, 0.15) is 0 Å². The first kappa shape index (κ1) is 30.6. The molecule has 184 valence electrons. The van der Waals surface area contributed by atoms with E-state index in [9.17, 15) is 9.46 Å². The molecule has 0 saturated carbocycles. The van der Waals surface area contributed by atoms with Gasteiger partial charge in [0.25, 0.3) is 0 Å². The molecule has 0 fully saturated rings. The fourth-order valence-electron chi connectivity index (χ4n) is 3.91. The maximum Gasteiger partial charge on any atom is 0.385 e. The zero-order valence-corrected chi connectivity index (χ0v) is 22.3. The Morgan fingerprint density at radius 1 is 0.742 bits per heavy atom. The molecule has 0 bridgehead atoms. The van der Waals surface area contributed by atoms with Gasteiger partial charge in [0.2, 0.25) is 0 Å². The van der Waals surface area contributed by atoms with Crippen molar-refractivity contribution < 1.29 is 18.5 Å². The molecule has 31 heavy (non-hydrogen) atoms. The zero-order chi connectivity index (χ0) is 23.4. The maximum atomic E-state index is 12.5. The second-order valence-electron chi connectivity index (χ2n) is 9.68. The molecule has 0 rings (SSSR count). The van der Waals surface area contributed by atoms with Crippen molar-refractivity contribution in [3.8, 4) is 0 Å². The molecule has 5 heteroatoms. The predicted molar refractivity (Wildman–Crippen MR) is 136 cm³/mol. The lowest BCUT2D eigenvalue weighted by atomic mass is 10.1. The van der Waals surface area contributed by atoms with Crippen molar-refractivity contribution in [3.05, 3.63) is 24.3 Å². The van der Waals surface area contributed by atoms with Gasteiger partial charge in [-0.1, -0.05) is 76.7 Å². The van der Waals surface area contributed by atoms with Gasteiger partial charge < -0.3 is 13.9 Å². The highest BCUT2D eigenvalue weighted by Crippen LogP contribution is 2.51. The molecule has 1 N–H and O–H groups in total. The summed E-state index contributed by atoms with van der Waals surface area (Å²) >= 11 is 0.